The molecule has 2 aromatic rings. The van der Waals surface area contributed by atoms with Crippen LogP contribution in [0.1, 0.15) is 16.7 Å². The van der Waals surface area contributed by atoms with Crippen molar-refractivity contribution in [1.82, 2.24) is 0 Å². The smallest absolute Gasteiger partial charge is 0.119 e. The lowest BCUT2D eigenvalue weighted by molar-refractivity contribution is 0.285. The molecule has 3 heteroatoms. The van der Waals surface area contributed by atoms with Crippen LogP contribution < -0.4 is 9.92 Å². The van der Waals surface area contributed by atoms with Crippen molar-refractivity contribution in [1.29, 1.82) is 0 Å². The van der Waals surface area contributed by atoms with Crippen LogP contribution in [0.25, 0.3) is 6.08 Å². The molecule has 0 aliphatic heterocycles. The second kappa shape index (κ2) is 6.69. The van der Waals surface area contributed by atoms with Crippen LogP contribution in [-0.2, 0) is 4.74 Å². The summed E-state index contributed by atoms with van der Waals surface area (Å²) in [6.45, 7) is 9.06. The van der Waals surface area contributed by atoms with Crippen LogP contribution in [0.3, 0.4) is 0 Å². The number of allylic oxidation sites excluding steroid dienone is 1. The van der Waals surface area contributed by atoms with Crippen molar-refractivity contribution in [3.8, 4) is 5.75 Å². The summed E-state index contributed by atoms with van der Waals surface area (Å²) < 4.78 is 11.7. The Morgan fingerprint density at radius 2 is 1.79 bits per heavy atom. The highest BCUT2D eigenvalue weighted by Gasteiger charge is 2.43. The summed E-state index contributed by atoms with van der Waals surface area (Å²) in [4.78, 5) is 0. The highest BCUT2D eigenvalue weighted by atomic mass is 28.3. The van der Waals surface area contributed by atoms with Crippen LogP contribution in [0.15, 0.2) is 66.9 Å². The maximum Gasteiger partial charge on any atom is 0.119 e. The van der Waals surface area contributed by atoms with Crippen molar-refractivity contribution in [2.75, 3.05) is 13.7 Å². The number of benzene rings is 2. The summed E-state index contributed by atoms with van der Waals surface area (Å²) in [6, 6.07) is 17.0. The molecule has 3 rings (SSSR count). The SMILES string of the molecule is C=CCOc1ccccc1[Si](C)(C)C1C(OC)=Cc2ccccc21. The van der Waals surface area contributed by atoms with Gasteiger partial charge in [-0.2, -0.15) is 0 Å². The third-order valence-electron chi connectivity index (χ3n) is 4.78. The number of fused-ring (bicyclic) bond motifs is 1. The third-order valence-corrected chi connectivity index (χ3v) is 8.62. The van der Waals surface area contributed by atoms with E-state index in [9.17, 15) is 0 Å². The van der Waals surface area contributed by atoms with Crippen molar-refractivity contribution < 1.29 is 9.47 Å². The maximum absolute atomic E-state index is 5.95. The monoisotopic (exact) mass is 336 g/mol. The fraction of sp³-hybridized carbons (Fsp3) is 0.238. The quantitative estimate of drug-likeness (QED) is 0.571. The normalized spacial score (nSPS) is 16.3. The van der Waals surface area contributed by atoms with Gasteiger partial charge in [0.15, 0.2) is 0 Å². The van der Waals surface area contributed by atoms with Crippen LogP contribution in [0, 0.1) is 0 Å². The molecule has 0 aromatic heterocycles. The molecule has 1 atom stereocenters. The van der Waals surface area contributed by atoms with Crippen LogP contribution >= 0.6 is 0 Å². The molecule has 0 saturated carbocycles. The molecule has 0 radical (unpaired) electrons. The van der Waals surface area contributed by atoms with Gasteiger partial charge in [-0.3, -0.25) is 0 Å². The molecular weight excluding hydrogens is 312 g/mol. The Hall–Kier alpha value is -2.26. The minimum Gasteiger partial charge on any atom is -0.501 e. The first-order chi connectivity index (χ1) is 11.6. The number of hydrogen-bond acceptors (Lipinski definition) is 2. The molecule has 2 nitrogen and oxygen atoms in total. The van der Waals surface area contributed by atoms with Gasteiger partial charge in [0.25, 0.3) is 0 Å². The van der Waals surface area contributed by atoms with Gasteiger partial charge in [-0.05, 0) is 28.5 Å². The Kier molecular flexibility index (Phi) is 4.63. The van der Waals surface area contributed by atoms with Crippen LogP contribution in [0.5, 0.6) is 5.75 Å². The molecule has 0 amide bonds. The molecule has 0 fully saturated rings. The minimum atomic E-state index is -1.93. The highest BCUT2D eigenvalue weighted by molar-refractivity contribution is 6.92. The van der Waals surface area contributed by atoms with E-state index in [2.05, 4.69) is 68.2 Å². The Bertz CT molecular complexity index is 777. The maximum atomic E-state index is 5.95. The van der Waals surface area contributed by atoms with E-state index in [0.717, 1.165) is 11.5 Å². The zero-order chi connectivity index (χ0) is 17.2. The van der Waals surface area contributed by atoms with Crippen molar-refractivity contribution >= 4 is 19.3 Å². The summed E-state index contributed by atoms with van der Waals surface area (Å²) in [5, 5.41) is 1.32. The Labute approximate surface area is 145 Å². The average Bonchev–Trinajstić information content (AvgIpc) is 2.99. The molecule has 0 bridgehead atoms. The highest BCUT2D eigenvalue weighted by Crippen LogP contribution is 2.43. The molecule has 0 saturated heterocycles. The van der Waals surface area contributed by atoms with Gasteiger partial charge in [0.1, 0.15) is 26.2 Å². The fourth-order valence-electron chi connectivity index (χ4n) is 3.65. The van der Waals surface area contributed by atoms with E-state index in [1.165, 1.54) is 16.3 Å². The number of hydrogen-bond donors (Lipinski definition) is 0. The van der Waals surface area contributed by atoms with Crippen LogP contribution in [0.4, 0.5) is 0 Å². The third kappa shape index (κ3) is 2.80. The van der Waals surface area contributed by atoms with Crippen molar-refractivity contribution in [2.45, 2.75) is 18.6 Å². The van der Waals surface area contributed by atoms with Gasteiger partial charge in [-0.1, -0.05) is 68.2 Å². The predicted octanol–water partition coefficient (Wildman–Crippen LogP) is 4.49. The number of para-hydroxylation sites is 1. The number of rotatable bonds is 6. The lowest BCUT2D eigenvalue weighted by Crippen LogP contribution is -2.48. The fourth-order valence-corrected chi connectivity index (χ4v) is 7.23. The molecule has 1 aliphatic rings. The van der Waals surface area contributed by atoms with E-state index in [4.69, 9.17) is 9.47 Å². The lowest BCUT2D eigenvalue weighted by Gasteiger charge is -2.33. The second-order valence-corrected chi connectivity index (χ2v) is 11.2. The predicted molar refractivity (Wildman–Crippen MR) is 103 cm³/mol. The molecule has 0 N–H and O–H groups in total. The van der Waals surface area contributed by atoms with Gasteiger partial charge in [-0.25, -0.2) is 0 Å². The summed E-state index contributed by atoms with van der Waals surface area (Å²) in [5.74, 6) is 2.03. The number of ether oxygens (including phenoxy) is 2. The van der Waals surface area contributed by atoms with Gasteiger partial charge in [-0.15, -0.1) is 0 Å². The van der Waals surface area contributed by atoms with Crippen molar-refractivity contribution in [3.63, 3.8) is 0 Å². The van der Waals surface area contributed by atoms with E-state index >= 15 is 0 Å². The minimum absolute atomic E-state index is 0.298. The van der Waals surface area contributed by atoms with E-state index in [1.54, 1.807) is 13.2 Å². The lowest BCUT2D eigenvalue weighted by atomic mass is 10.1. The van der Waals surface area contributed by atoms with Crippen LogP contribution in [0.2, 0.25) is 13.1 Å². The molecular formula is C21H24O2Si. The number of methoxy groups -OCH3 is 1. The van der Waals surface area contributed by atoms with Crippen molar-refractivity contribution in [2.24, 2.45) is 0 Å². The summed E-state index contributed by atoms with van der Waals surface area (Å²) in [5.41, 5.74) is 2.93. The molecule has 0 heterocycles. The van der Waals surface area contributed by atoms with E-state index in [0.29, 0.717) is 12.1 Å². The van der Waals surface area contributed by atoms with Gasteiger partial charge in [0, 0.05) is 5.54 Å². The standard InChI is InChI=1S/C21H24O2Si/c1-5-14-23-18-12-8-9-13-20(18)24(3,4)21-17-11-7-6-10-16(17)15-19(21)22-2/h5-13,15,21H,1,14H2,2-4H3. The van der Waals surface area contributed by atoms with E-state index in [-0.39, 0.29) is 0 Å². The molecule has 0 spiro atoms. The molecule has 2 aromatic carbocycles. The first-order valence-corrected chi connectivity index (χ1v) is 11.3. The van der Waals surface area contributed by atoms with Gasteiger partial charge >= 0.3 is 0 Å². The topological polar surface area (TPSA) is 18.5 Å². The molecule has 24 heavy (non-hydrogen) atoms. The van der Waals surface area contributed by atoms with E-state index < -0.39 is 8.07 Å². The summed E-state index contributed by atoms with van der Waals surface area (Å²) in [7, 11) is -0.156. The van der Waals surface area contributed by atoms with Crippen molar-refractivity contribution in [3.05, 3.63) is 78.1 Å². The van der Waals surface area contributed by atoms with Gasteiger partial charge in [0.05, 0.1) is 7.11 Å². The van der Waals surface area contributed by atoms with Crippen LogP contribution in [-0.4, -0.2) is 21.8 Å². The first-order valence-electron chi connectivity index (χ1n) is 8.27. The van der Waals surface area contributed by atoms with E-state index in [1.807, 2.05) is 6.07 Å². The largest absolute Gasteiger partial charge is 0.501 e. The zero-order valence-corrected chi connectivity index (χ0v) is 15.6. The zero-order valence-electron chi connectivity index (χ0n) is 14.6. The average molecular weight is 337 g/mol. The Morgan fingerprint density at radius 1 is 1.08 bits per heavy atom. The summed E-state index contributed by atoms with van der Waals surface area (Å²) >= 11 is 0. The van der Waals surface area contributed by atoms with Gasteiger partial charge < -0.3 is 9.47 Å². The second-order valence-electron chi connectivity index (χ2n) is 6.63. The molecule has 1 unspecified atom stereocenters. The summed E-state index contributed by atoms with van der Waals surface area (Å²) in [6.07, 6.45) is 3.97. The Morgan fingerprint density at radius 3 is 2.54 bits per heavy atom. The molecule has 1 aliphatic carbocycles. The first kappa shape index (κ1) is 16.6. The Balaban J connectivity index is 2.08. The molecule has 124 valence electrons. The van der Waals surface area contributed by atoms with Gasteiger partial charge in [0.2, 0.25) is 0 Å².